The summed E-state index contributed by atoms with van der Waals surface area (Å²) in [5, 5.41) is 0. The van der Waals surface area contributed by atoms with E-state index in [-0.39, 0.29) is 5.97 Å². The van der Waals surface area contributed by atoms with Gasteiger partial charge >= 0.3 is 5.97 Å². The van der Waals surface area contributed by atoms with Crippen LogP contribution in [0.1, 0.15) is 38.7 Å². The molecule has 0 aromatic heterocycles. The van der Waals surface area contributed by atoms with Gasteiger partial charge in [-0.05, 0) is 24.1 Å². The van der Waals surface area contributed by atoms with Crippen molar-refractivity contribution in [2.45, 2.75) is 39.5 Å². The Balaban J connectivity index is 2.17. The number of hydrogen-bond acceptors (Lipinski definition) is 3. The molecule has 1 aromatic rings. The average Bonchev–Trinajstić information content (AvgIpc) is 2.40. The molecule has 0 spiro atoms. The van der Waals surface area contributed by atoms with Gasteiger partial charge in [0.1, 0.15) is 5.75 Å². The summed E-state index contributed by atoms with van der Waals surface area (Å²) in [5.74, 6) is 0.718. The molecule has 0 aliphatic rings. The summed E-state index contributed by atoms with van der Waals surface area (Å²) in [6, 6.07) is 8.16. The van der Waals surface area contributed by atoms with Crippen LogP contribution in [0, 0.1) is 0 Å². The van der Waals surface area contributed by atoms with Crippen LogP contribution in [-0.2, 0) is 16.0 Å². The minimum atomic E-state index is -0.154. The van der Waals surface area contributed by atoms with Crippen molar-refractivity contribution < 1.29 is 14.3 Å². The Morgan fingerprint density at radius 1 is 1.11 bits per heavy atom. The molecule has 0 unspecified atom stereocenters. The number of hydrogen-bond donors (Lipinski definition) is 0. The van der Waals surface area contributed by atoms with Crippen molar-refractivity contribution in [3.05, 3.63) is 29.8 Å². The highest BCUT2D eigenvalue weighted by molar-refractivity contribution is 5.68. The summed E-state index contributed by atoms with van der Waals surface area (Å²) in [4.78, 5) is 10.9. The molecule has 0 amide bonds. The molecule has 18 heavy (non-hydrogen) atoms. The smallest absolute Gasteiger partial charge is 0.305 e. The molecule has 0 heterocycles. The number of carbonyl (C=O) groups is 1. The van der Waals surface area contributed by atoms with Crippen LogP contribution in [0.4, 0.5) is 0 Å². The van der Waals surface area contributed by atoms with Gasteiger partial charge in [0.25, 0.3) is 0 Å². The number of esters is 1. The van der Waals surface area contributed by atoms with Gasteiger partial charge in [0.2, 0.25) is 0 Å². The van der Waals surface area contributed by atoms with Gasteiger partial charge in [-0.2, -0.15) is 0 Å². The third-order valence-corrected chi connectivity index (χ3v) is 2.57. The van der Waals surface area contributed by atoms with E-state index in [0.717, 1.165) is 25.0 Å². The average molecular weight is 250 g/mol. The molecule has 0 aliphatic carbocycles. The quantitative estimate of drug-likeness (QED) is 0.524. The molecule has 0 fully saturated rings. The number of carbonyl (C=O) groups excluding carboxylic acids is 1. The van der Waals surface area contributed by atoms with E-state index >= 15 is 0 Å². The van der Waals surface area contributed by atoms with Crippen molar-refractivity contribution in [2.75, 3.05) is 13.2 Å². The largest absolute Gasteiger partial charge is 0.493 e. The van der Waals surface area contributed by atoms with Gasteiger partial charge in [-0.25, -0.2) is 0 Å². The van der Waals surface area contributed by atoms with E-state index in [9.17, 15) is 4.79 Å². The molecule has 0 aliphatic heterocycles. The van der Waals surface area contributed by atoms with Crippen molar-refractivity contribution >= 4 is 5.97 Å². The zero-order valence-corrected chi connectivity index (χ0v) is 11.3. The van der Waals surface area contributed by atoms with Gasteiger partial charge < -0.3 is 9.47 Å². The molecule has 0 bridgehead atoms. The van der Waals surface area contributed by atoms with E-state index in [1.54, 1.807) is 6.92 Å². The maximum absolute atomic E-state index is 10.9. The second-order valence-corrected chi connectivity index (χ2v) is 4.17. The molecule has 0 saturated heterocycles. The van der Waals surface area contributed by atoms with E-state index in [0.29, 0.717) is 19.6 Å². The topological polar surface area (TPSA) is 35.5 Å². The summed E-state index contributed by atoms with van der Waals surface area (Å²) in [7, 11) is 0. The summed E-state index contributed by atoms with van der Waals surface area (Å²) < 4.78 is 10.5. The molecular weight excluding hydrogens is 228 g/mol. The van der Waals surface area contributed by atoms with Gasteiger partial charge in [-0.3, -0.25) is 4.79 Å². The van der Waals surface area contributed by atoms with Gasteiger partial charge in [-0.1, -0.05) is 32.4 Å². The van der Waals surface area contributed by atoms with Crippen molar-refractivity contribution in [2.24, 2.45) is 0 Å². The Morgan fingerprint density at radius 3 is 2.44 bits per heavy atom. The lowest BCUT2D eigenvalue weighted by Crippen LogP contribution is -2.07. The van der Waals surface area contributed by atoms with E-state index in [2.05, 4.69) is 19.1 Å². The second kappa shape index (κ2) is 8.56. The SMILES string of the molecule is CCCc1ccc(OCCCOC(=O)CC)cc1. The van der Waals surface area contributed by atoms with Crippen LogP contribution in [-0.4, -0.2) is 19.2 Å². The van der Waals surface area contributed by atoms with Crippen LogP contribution >= 0.6 is 0 Å². The number of benzene rings is 1. The Morgan fingerprint density at radius 2 is 1.83 bits per heavy atom. The van der Waals surface area contributed by atoms with Crippen molar-refractivity contribution in [3.63, 3.8) is 0 Å². The van der Waals surface area contributed by atoms with Gasteiger partial charge in [0, 0.05) is 12.8 Å². The fourth-order valence-corrected chi connectivity index (χ4v) is 1.58. The number of ether oxygens (including phenoxy) is 2. The van der Waals surface area contributed by atoms with Crippen molar-refractivity contribution in [1.82, 2.24) is 0 Å². The second-order valence-electron chi connectivity index (χ2n) is 4.17. The van der Waals surface area contributed by atoms with E-state index in [4.69, 9.17) is 9.47 Å². The van der Waals surface area contributed by atoms with E-state index < -0.39 is 0 Å². The highest BCUT2D eigenvalue weighted by Crippen LogP contribution is 2.13. The van der Waals surface area contributed by atoms with Gasteiger partial charge in [-0.15, -0.1) is 0 Å². The van der Waals surface area contributed by atoms with Crippen LogP contribution < -0.4 is 4.74 Å². The molecule has 0 saturated carbocycles. The standard InChI is InChI=1S/C15H22O3/c1-3-6-13-7-9-14(10-8-13)17-11-5-12-18-15(16)4-2/h7-10H,3-6,11-12H2,1-2H3. The fourth-order valence-electron chi connectivity index (χ4n) is 1.58. The Kier molecular flexibility index (Phi) is 6.92. The summed E-state index contributed by atoms with van der Waals surface area (Å²) in [6.07, 6.45) is 3.42. The molecular formula is C15H22O3. The lowest BCUT2D eigenvalue weighted by Gasteiger charge is -2.07. The molecule has 1 rings (SSSR count). The Labute approximate surface area is 109 Å². The molecule has 3 heteroatoms. The van der Waals surface area contributed by atoms with Crippen molar-refractivity contribution in [3.8, 4) is 5.75 Å². The molecule has 3 nitrogen and oxygen atoms in total. The number of rotatable bonds is 8. The van der Waals surface area contributed by atoms with E-state index in [1.165, 1.54) is 5.56 Å². The molecule has 1 aromatic carbocycles. The first-order valence-corrected chi connectivity index (χ1v) is 6.63. The van der Waals surface area contributed by atoms with Gasteiger partial charge in [0.05, 0.1) is 13.2 Å². The third-order valence-electron chi connectivity index (χ3n) is 2.57. The Bertz CT molecular complexity index is 343. The van der Waals surface area contributed by atoms with Crippen LogP contribution in [0.5, 0.6) is 5.75 Å². The Hall–Kier alpha value is -1.51. The molecule has 0 N–H and O–H groups in total. The summed E-state index contributed by atoms with van der Waals surface area (Å²) >= 11 is 0. The zero-order chi connectivity index (χ0) is 13.2. The predicted octanol–water partition coefficient (Wildman–Crippen LogP) is 3.36. The molecule has 100 valence electrons. The first-order chi connectivity index (χ1) is 8.76. The van der Waals surface area contributed by atoms with Crippen molar-refractivity contribution in [1.29, 1.82) is 0 Å². The zero-order valence-electron chi connectivity index (χ0n) is 11.3. The van der Waals surface area contributed by atoms with Gasteiger partial charge in [0.15, 0.2) is 0 Å². The highest BCUT2D eigenvalue weighted by atomic mass is 16.5. The molecule has 0 atom stereocenters. The first-order valence-electron chi connectivity index (χ1n) is 6.63. The lowest BCUT2D eigenvalue weighted by atomic mass is 10.1. The van der Waals surface area contributed by atoms with Crippen LogP contribution in [0.15, 0.2) is 24.3 Å². The number of aryl methyl sites for hydroxylation is 1. The monoisotopic (exact) mass is 250 g/mol. The fraction of sp³-hybridized carbons (Fsp3) is 0.533. The summed E-state index contributed by atoms with van der Waals surface area (Å²) in [6.45, 7) is 4.96. The van der Waals surface area contributed by atoms with Crippen LogP contribution in [0.25, 0.3) is 0 Å². The van der Waals surface area contributed by atoms with Crippen LogP contribution in [0.3, 0.4) is 0 Å². The lowest BCUT2D eigenvalue weighted by molar-refractivity contribution is -0.143. The predicted molar refractivity (Wildman–Crippen MR) is 71.8 cm³/mol. The maximum atomic E-state index is 10.9. The highest BCUT2D eigenvalue weighted by Gasteiger charge is 1.98. The van der Waals surface area contributed by atoms with Crippen LogP contribution in [0.2, 0.25) is 0 Å². The first kappa shape index (κ1) is 14.6. The normalized spacial score (nSPS) is 10.1. The van der Waals surface area contributed by atoms with E-state index in [1.807, 2.05) is 12.1 Å². The summed E-state index contributed by atoms with van der Waals surface area (Å²) in [5.41, 5.74) is 1.33. The third kappa shape index (κ3) is 5.71. The molecule has 0 radical (unpaired) electrons. The maximum Gasteiger partial charge on any atom is 0.305 e. The minimum Gasteiger partial charge on any atom is -0.493 e. The minimum absolute atomic E-state index is 0.154.